The van der Waals surface area contributed by atoms with Gasteiger partial charge in [0, 0.05) is 58.9 Å². The fraction of sp³-hybridized carbons (Fsp3) is 0.800. The van der Waals surface area contributed by atoms with Crippen LogP contribution in [-0.4, -0.2) is 37.5 Å². The number of piperazine rings is 1. The number of amides is 1. The second-order valence-electron chi connectivity index (χ2n) is 1.83. The van der Waals surface area contributed by atoms with Gasteiger partial charge in [-0.25, -0.2) is 0 Å². The quantitative estimate of drug-likeness (QED) is 0.550. The molecule has 1 heterocycles. The molecule has 3 nitrogen and oxygen atoms in total. The average Bonchev–Trinajstić information content (AvgIpc) is 1.90. The summed E-state index contributed by atoms with van der Waals surface area (Å²) in [7, 11) is 0. The molecule has 1 saturated heterocycles. The van der Waals surface area contributed by atoms with Gasteiger partial charge in [-0.1, -0.05) is 0 Å². The predicted octanol–water partition coefficient (Wildman–Crippen LogP) is -1.04. The van der Waals surface area contributed by atoms with Crippen LogP contribution in [0, 0.1) is 0 Å². The maximum Gasteiger partial charge on any atom is 0.0103 e. The van der Waals surface area contributed by atoms with Gasteiger partial charge in [-0.15, -0.1) is 0 Å². The second-order valence-corrected chi connectivity index (χ2v) is 1.83. The zero-order valence-electron chi connectivity index (χ0n) is 5.26. The molecule has 1 fully saturated rings. The van der Waals surface area contributed by atoms with Crippen molar-refractivity contribution >= 4 is 6.41 Å². The minimum Gasteiger partial charge on any atom is -0.520 e. The van der Waals surface area contributed by atoms with Crippen molar-refractivity contribution in [2.45, 2.75) is 0 Å². The molecule has 0 unspecified atom stereocenters. The first-order chi connectivity index (χ1) is 3.93. The van der Waals surface area contributed by atoms with Crippen molar-refractivity contribution in [1.29, 1.82) is 0 Å². The third-order valence-electron chi connectivity index (χ3n) is 1.25. The van der Waals surface area contributed by atoms with E-state index >= 15 is 0 Å². The third kappa shape index (κ3) is 3.28. The number of rotatable bonds is 1. The van der Waals surface area contributed by atoms with Crippen LogP contribution < -0.4 is 5.32 Å². The van der Waals surface area contributed by atoms with Crippen molar-refractivity contribution in [3.8, 4) is 0 Å². The molecular weight excluding hydrogens is 193 g/mol. The summed E-state index contributed by atoms with van der Waals surface area (Å²) in [6.45, 7) is 3.44. The van der Waals surface area contributed by atoms with Crippen molar-refractivity contribution in [1.82, 2.24) is 10.2 Å². The van der Waals surface area contributed by atoms with Crippen LogP contribution in [0.2, 0.25) is 0 Å². The first kappa shape index (κ1) is 9.53. The van der Waals surface area contributed by atoms with Crippen molar-refractivity contribution < 1.29 is 37.5 Å². The molecule has 0 aromatic heterocycles. The summed E-state index contributed by atoms with van der Waals surface area (Å²) < 4.78 is 0. The smallest absolute Gasteiger partial charge is 0.0103 e. The van der Waals surface area contributed by atoms with Crippen LogP contribution in [0.4, 0.5) is 0 Å². The van der Waals surface area contributed by atoms with E-state index in [-0.39, 0.29) is 32.7 Å². The van der Waals surface area contributed by atoms with Gasteiger partial charge in [0.15, 0.2) is 0 Å². The Kier molecular flexibility index (Phi) is 5.65. The average molecular weight is 202 g/mol. The van der Waals surface area contributed by atoms with Crippen molar-refractivity contribution in [3.05, 3.63) is 0 Å². The first-order valence-corrected chi connectivity index (χ1v) is 2.77. The molecule has 0 aliphatic carbocycles. The molecule has 9 heavy (non-hydrogen) atoms. The van der Waals surface area contributed by atoms with Gasteiger partial charge in [0.05, 0.1) is 0 Å². The minimum atomic E-state index is 0. The van der Waals surface area contributed by atoms with Gasteiger partial charge in [-0.2, -0.15) is 6.41 Å². The summed E-state index contributed by atoms with van der Waals surface area (Å²) in [6, 6.07) is 0. The Balaban J connectivity index is 0.000000640. The Morgan fingerprint density at radius 2 is 1.89 bits per heavy atom. The molecule has 0 spiro atoms. The summed E-state index contributed by atoms with van der Waals surface area (Å²) in [6.07, 6.45) is 1.85. The summed E-state index contributed by atoms with van der Waals surface area (Å²) >= 11 is 0. The van der Waals surface area contributed by atoms with Crippen LogP contribution in [0.15, 0.2) is 0 Å². The molecule has 0 aromatic rings. The van der Waals surface area contributed by atoms with Crippen LogP contribution in [0.3, 0.4) is 0 Å². The van der Waals surface area contributed by atoms with Crippen molar-refractivity contribution in [2.75, 3.05) is 26.2 Å². The van der Waals surface area contributed by atoms with Crippen molar-refractivity contribution in [3.63, 3.8) is 0 Å². The first-order valence-electron chi connectivity index (χ1n) is 2.77. The SMILES string of the molecule is O=[C-]N1CCNCC1.[Y]. The van der Waals surface area contributed by atoms with E-state index in [4.69, 9.17) is 0 Å². The second kappa shape index (κ2) is 5.33. The molecule has 1 aliphatic heterocycles. The summed E-state index contributed by atoms with van der Waals surface area (Å²) in [5.74, 6) is 0. The molecule has 49 valence electrons. The molecule has 1 amide bonds. The fourth-order valence-corrected chi connectivity index (χ4v) is 0.756. The Morgan fingerprint density at radius 3 is 2.22 bits per heavy atom. The molecule has 4 heteroatoms. The standard InChI is InChI=1S/C5H9N2O.Y/c8-5-7-3-1-6-2-4-7;/h6H,1-4H2;/q-1;. The van der Waals surface area contributed by atoms with Crippen LogP contribution in [0.25, 0.3) is 0 Å². The molecule has 0 saturated carbocycles. The Morgan fingerprint density at radius 1 is 1.33 bits per heavy atom. The van der Waals surface area contributed by atoms with Gasteiger partial charge in [0.2, 0.25) is 0 Å². The fourth-order valence-electron chi connectivity index (χ4n) is 0.756. The van der Waals surface area contributed by atoms with Crippen molar-refractivity contribution in [2.24, 2.45) is 0 Å². The zero-order valence-corrected chi connectivity index (χ0v) is 8.10. The topological polar surface area (TPSA) is 32.3 Å². The number of nitrogens with zero attached hydrogens (tertiary/aromatic N) is 1. The van der Waals surface area contributed by atoms with E-state index in [1.54, 1.807) is 4.90 Å². The van der Waals surface area contributed by atoms with E-state index < -0.39 is 0 Å². The Hall–Kier alpha value is 0.534. The molecule has 1 rings (SSSR count). The Bertz CT molecular complexity index is 83.0. The van der Waals surface area contributed by atoms with Crippen LogP contribution in [0.1, 0.15) is 0 Å². The Labute approximate surface area is 80.0 Å². The summed E-state index contributed by atoms with van der Waals surface area (Å²) in [5.41, 5.74) is 0. The van der Waals surface area contributed by atoms with E-state index in [2.05, 4.69) is 5.32 Å². The van der Waals surface area contributed by atoms with E-state index in [9.17, 15) is 4.79 Å². The largest absolute Gasteiger partial charge is 0.520 e. The number of carbonyl (C=O) groups excluding carboxylic acids is 1. The van der Waals surface area contributed by atoms with Crippen LogP contribution in [-0.2, 0) is 37.5 Å². The van der Waals surface area contributed by atoms with E-state index in [1.165, 1.54) is 0 Å². The number of hydrogen-bond donors (Lipinski definition) is 1. The van der Waals surface area contributed by atoms with Gasteiger partial charge in [-0.05, 0) is 0 Å². The molecule has 0 atom stereocenters. The van der Waals surface area contributed by atoms with E-state index in [1.807, 2.05) is 6.41 Å². The van der Waals surface area contributed by atoms with Gasteiger partial charge in [-0.3, -0.25) is 0 Å². The van der Waals surface area contributed by atoms with Crippen LogP contribution in [0.5, 0.6) is 0 Å². The van der Waals surface area contributed by atoms with Gasteiger partial charge < -0.3 is 15.0 Å². The maximum absolute atomic E-state index is 9.93. The van der Waals surface area contributed by atoms with Gasteiger partial charge in [0.25, 0.3) is 0 Å². The monoisotopic (exact) mass is 202 g/mol. The molecule has 0 bridgehead atoms. The van der Waals surface area contributed by atoms with E-state index in [0.29, 0.717) is 0 Å². The summed E-state index contributed by atoms with van der Waals surface area (Å²) in [4.78, 5) is 11.6. The third-order valence-corrected chi connectivity index (χ3v) is 1.25. The number of nitrogens with one attached hydrogen (secondary N) is 1. The normalized spacial score (nSPS) is 18.4. The molecule has 1 N–H and O–H groups in total. The van der Waals surface area contributed by atoms with Gasteiger partial charge in [0.1, 0.15) is 0 Å². The molecule has 1 aliphatic rings. The predicted molar refractivity (Wildman–Crippen MR) is 30.1 cm³/mol. The minimum absolute atomic E-state index is 0. The van der Waals surface area contributed by atoms with E-state index in [0.717, 1.165) is 26.2 Å². The zero-order chi connectivity index (χ0) is 5.82. The molecular formula is C5H9N2OY-. The molecule has 0 aromatic carbocycles. The van der Waals surface area contributed by atoms with Gasteiger partial charge >= 0.3 is 0 Å². The number of hydrogen-bond acceptors (Lipinski definition) is 2. The molecule has 1 radical (unpaired) electrons. The maximum atomic E-state index is 9.93. The van der Waals surface area contributed by atoms with Crippen LogP contribution >= 0.6 is 0 Å². The summed E-state index contributed by atoms with van der Waals surface area (Å²) in [5, 5.41) is 3.13.